The first-order chi connectivity index (χ1) is 9.02. The number of rotatable bonds is 6. The smallest absolute Gasteiger partial charge is 0.326 e. The van der Waals surface area contributed by atoms with Crippen LogP contribution in [0.5, 0.6) is 0 Å². The van der Waals surface area contributed by atoms with Crippen molar-refractivity contribution in [2.75, 3.05) is 13.7 Å². The van der Waals surface area contributed by atoms with Gasteiger partial charge in [0.25, 0.3) is 5.69 Å². The van der Waals surface area contributed by atoms with Crippen LogP contribution in [0.25, 0.3) is 0 Å². The molecule has 0 unspecified atom stereocenters. The van der Waals surface area contributed by atoms with Crippen molar-refractivity contribution in [3.8, 4) is 0 Å². The van der Waals surface area contributed by atoms with Gasteiger partial charge in [0, 0.05) is 6.07 Å². The van der Waals surface area contributed by atoms with Gasteiger partial charge in [-0.25, -0.2) is 0 Å². The molecule has 0 spiro atoms. The molecule has 0 heterocycles. The van der Waals surface area contributed by atoms with Gasteiger partial charge in [-0.1, -0.05) is 12.1 Å². The quantitative estimate of drug-likeness (QED) is 0.449. The lowest BCUT2D eigenvalue weighted by molar-refractivity contribution is -0.386. The molecule has 7 heteroatoms. The summed E-state index contributed by atoms with van der Waals surface area (Å²) in [7, 11) is 1.47. The second-order valence-electron chi connectivity index (χ2n) is 3.78. The number of nitro groups is 1. The van der Waals surface area contributed by atoms with Crippen LogP contribution in [0.4, 0.5) is 5.69 Å². The van der Waals surface area contributed by atoms with E-state index in [1.165, 1.54) is 25.2 Å². The molecule has 0 radical (unpaired) electrons. The number of esters is 1. The van der Waals surface area contributed by atoms with Crippen molar-refractivity contribution < 1.29 is 19.6 Å². The van der Waals surface area contributed by atoms with Gasteiger partial charge in [-0.05, 0) is 20.0 Å². The van der Waals surface area contributed by atoms with E-state index in [9.17, 15) is 20.0 Å². The maximum Gasteiger partial charge on any atom is 0.326 e. The lowest BCUT2D eigenvalue weighted by atomic mass is 10.0. The number of likely N-dealkylation sites (N-methyl/N-ethyl adjacent to an activating group) is 1. The van der Waals surface area contributed by atoms with E-state index in [4.69, 9.17) is 4.74 Å². The van der Waals surface area contributed by atoms with Crippen LogP contribution in [0.3, 0.4) is 0 Å². The molecular formula is C12H16N2O5. The first-order valence-corrected chi connectivity index (χ1v) is 5.78. The highest BCUT2D eigenvalue weighted by atomic mass is 16.6. The molecule has 1 aromatic carbocycles. The Kier molecular flexibility index (Phi) is 5.40. The van der Waals surface area contributed by atoms with Crippen LogP contribution < -0.4 is 5.32 Å². The van der Waals surface area contributed by atoms with Gasteiger partial charge in [0.1, 0.15) is 12.1 Å². The molecule has 0 amide bonds. The molecule has 1 aromatic rings. The normalized spacial score (nSPS) is 13.6. The van der Waals surface area contributed by atoms with Gasteiger partial charge < -0.3 is 15.2 Å². The SMILES string of the molecule is CCOC(=O)[C@@H](NC)[C@H](O)c1ccccc1[N+](=O)[O-]. The minimum atomic E-state index is -1.36. The monoisotopic (exact) mass is 268 g/mol. The number of ether oxygens (including phenoxy) is 1. The van der Waals surface area contributed by atoms with Crippen molar-refractivity contribution in [3.63, 3.8) is 0 Å². The van der Waals surface area contributed by atoms with Gasteiger partial charge in [-0.3, -0.25) is 14.9 Å². The summed E-state index contributed by atoms with van der Waals surface area (Å²) in [6.45, 7) is 1.81. The Balaban J connectivity index is 3.07. The van der Waals surface area contributed by atoms with E-state index in [1.807, 2.05) is 0 Å². The Labute approximate surface area is 110 Å². The molecular weight excluding hydrogens is 252 g/mol. The zero-order valence-electron chi connectivity index (χ0n) is 10.7. The third kappa shape index (κ3) is 3.49. The van der Waals surface area contributed by atoms with Crippen molar-refractivity contribution in [2.45, 2.75) is 19.1 Å². The third-order valence-corrected chi connectivity index (χ3v) is 2.62. The summed E-state index contributed by atoms with van der Waals surface area (Å²) < 4.78 is 4.81. The van der Waals surface area contributed by atoms with E-state index in [2.05, 4.69) is 5.32 Å². The highest BCUT2D eigenvalue weighted by Crippen LogP contribution is 2.27. The van der Waals surface area contributed by atoms with Crippen LogP contribution in [0.2, 0.25) is 0 Å². The Morgan fingerprint density at radius 1 is 1.53 bits per heavy atom. The maximum atomic E-state index is 11.7. The average Bonchev–Trinajstić information content (AvgIpc) is 2.39. The summed E-state index contributed by atoms with van der Waals surface area (Å²) in [6.07, 6.45) is -1.36. The molecule has 2 atom stereocenters. The number of aliphatic hydroxyl groups is 1. The van der Waals surface area contributed by atoms with Gasteiger partial charge >= 0.3 is 5.97 Å². The van der Waals surface area contributed by atoms with E-state index in [-0.39, 0.29) is 17.9 Å². The molecule has 0 bridgehead atoms. The molecule has 0 aliphatic carbocycles. The predicted molar refractivity (Wildman–Crippen MR) is 67.5 cm³/mol. The number of nitro benzene ring substituents is 1. The lowest BCUT2D eigenvalue weighted by Crippen LogP contribution is -2.41. The largest absolute Gasteiger partial charge is 0.465 e. The standard InChI is InChI=1S/C12H16N2O5/c1-3-19-12(16)10(13-2)11(15)8-6-4-5-7-9(8)14(17)18/h4-7,10-11,13,15H,3H2,1-2H3/t10-,11+/m0/s1. The number of hydrogen-bond acceptors (Lipinski definition) is 6. The lowest BCUT2D eigenvalue weighted by Gasteiger charge is -2.20. The fraction of sp³-hybridized carbons (Fsp3) is 0.417. The molecule has 1 rings (SSSR count). The summed E-state index contributed by atoms with van der Waals surface area (Å²) in [5, 5.41) is 23.6. The van der Waals surface area contributed by atoms with Crippen LogP contribution in [0.1, 0.15) is 18.6 Å². The fourth-order valence-corrected chi connectivity index (χ4v) is 1.72. The van der Waals surface area contributed by atoms with E-state index in [0.717, 1.165) is 0 Å². The summed E-state index contributed by atoms with van der Waals surface area (Å²) in [4.78, 5) is 21.9. The molecule has 0 aromatic heterocycles. The van der Waals surface area contributed by atoms with Gasteiger partial charge in [0.2, 0.25) is 0 Å². The Morgan fingerprint density at radius 2 is 2.16 bits per heavy atom. The Hall–Kier alpha value is -1.99. The molecule has 19 heavy (non-hydrogen) atoms. The van der Waals surface area contributed by atoms with Gasteiger partial charge in [-0.2, -0.15) is 0 Å². The number of carbonyl (C=O) groups is 1. The zero-order chi connectivity index (χ0) is 14.4. The van der Waals surface area contributed by atoms with Crippen molar-refractivity contribution in [1.29, 1.82) is 0 Å². The molecule has 0 aliphatic heterocycles. The summed E-state index contributed by atoms with van der Waals surface area (Å²) >= 11 is 0. The number of nitrogens with one attached hydrogen (secondary N) is 1. The molecule has 7 nitrogen and oxygen atoms in total. The van der Waals surface area contributed by atoms with Crippen molar-refractivity contribution in [2.24, 2.45) is 0 Å². The first-order valence-electron chi connectivity index (χ1n) is 5.78. The molecule has 0 aliphatic rings. The number of hydrogen-bond donors (Lipinski definition) is 2. The predicted octanol–water partition coefficient (Wildman–Crippen LogP) is 0.779. The van der Waals surface area contributed by atoms with Gasteiger partial charge in [0.05, 0.1) is 17.1 Å². The summed E-state index contributed by atoms with van der Waals surface area (Å²) in [6, 6.07) is 4.68. The Bertz CT molecular complexity index is 463. The maximum absolute atomic E-state index is 11.7. The zero-order valence-corrected chi connectivity index (χ0v) is 10.7. The highest BCUT2D eigenvalue weighted by Gasteiger charge is 2.32. The average molecular weight is 268 g/mol. The topological polar surface area (TPSA) is 102 Å². The van der Waals surface area contributed by atoms with Gasteiger partial charge in [-0.15, -0.1) is 0 Å². The number of carbonyl (C=O) groups excluding carboxylic acids is 1. The Morgan fingerprint density at radius 3 is 2.68 bits per heavy atom. The number of nitrogens with zero attached hydrogens (tertiary/aromatic N) is 1. The molecule has 0 saturated heterocycles. The van der Waals surface area contributed by atoms with Crippen LogP contribution in [0.15, 0.2) is 24.3 Å². The van der Waals surface area contributed by atoms with Crippen LogP contribution in [-0.2, 0) is 9.53 Å². The van der Waals surface area contributed by atoms with Crippen LogP contribution >= 0.6 is 0 Å². The van der Waals surface area contributed by atoms with Crippen molar-refractivity contribution in [1.82, 2.24) is 5.32 Å². The van der Waals surface area contributed by atoms with E-state index in [1.54, 1.807) is 13.0 Å². The number of benzene rings is 1. The minimum absolute atomic E-state index is 0.0694. The number of aliphatic hydroxyl groups excluding tert-OH is 1. The van der Waals surface area contributed by atoms with E-state index >= 15 is 0 Å². The van der Waals surface area contributed by atoms with Crippen LogP contribution in [0, 0.1) is 10.1 Å². The first kappa shape index (κ1) is 15.1. The van der Waals surface area contributed by atoms with Crippen molar-refractivity contribution >= 4 is 11.7 Å². The van der Waals surface area contributed by atoms with Crippen molar-refractivity contribution in [3.05, 3.63) is 39.9 Å². The van der Waals surface area contributed by atoms with E-state index in [0.29, 0.717) is 0 Å². The molecule has 2 N–H and O–H groups in total. The van der Waals surface area contributed by atoms with Crippen LogP contribution in [-0.4, -0.2) is 35.7 Å². The molecule has 104 valence electrons. The van der Waals surface area contributed by atoms with E-state index < -0.39 is 23.0 Å². The summed E-state index contributed by atoms with van der Waals surface area (Å²) in [5.74, 6) is -0.657. The molecule has 0 fully saturated rings. The summed E-state index contributed by atoms with van der Waals surface area (Å²) in [5.41, 5.74) is -0.167. The second-order valence-corrected chi connectivity index (χ2v) is 3.78. The minimum Gasteiger partial charge on any atom is -0.465 e. The second kappa shape index (κ2) is 6.81. The third-order valence-electron chi connectivity index (χ3n) is 2.62. The molecule has 0 saturated carbocycles. The fourth-order valence-electron chi connectivity index (χ4n) is 1.72. The number of para-hydroxylation sites is 1. The van der Waals surface area contributed by atoms with Gasteiger partial charge in [0.15, 0.2) is 0 Å². The highest BCUT2D eigenvalue weighted by molar-refractivity contribution is 5.77.